The van der Waals surface area contributed by atoms with E-state index in [0.29, 0.717) is 6.42 Å². The van der Waals surface area contributed by atoms with E-state index in [4.69, 9.17) is 0 Å². The maximum atomic E-state index is 11.3. The molecule has 84 valence electrons. The summed E-state index contributed by atoms with van der Waals surface area (Å²) in [5.74, 6) is 0.156. The molecule has 0 aliphatic rings. The van der Waals surface area contributed by atoms with E-state index >= 15 is 0 Å². The Kier molecular flexibility index (Phi) is 8.64. The predicted molar refractivity (Wildman–Crippen MR) is 60.3 cm³/mol. The molecule has 0 bridgehead atoms. The van der Waals surface area contributed by atoms with E-state index in [1.165, 1.54) is 19.3 Å². The van der Waals surface area contributed by atoms with Crippen LogP contribution in [0.5, 0.6) is 0 Å². The zero-order valence-corrected chi connectivity index (χ0v) is 9.73. The van der Waals surface area contributed by atoms with Crippen LogP contribution < -0.4 is 10.6 Å². The summed E-state index contributed by atoms with van der Waals surface area (Å²) >= 11 is 0. The molecule has 3 nitrogen and oxygen atoms in total. The van der Waals surface area contributed by atoms with Crippen molar-refractivity contribution in [3.05, 3.63) is 0 Å². The van der Waals surface area contributed by atoms with Crippen LogP contribution in [0.1, 0.15) is 46.0 Å². The van der Waals surface area contributed by atoms with Crippen molar-refractivity contribution in [2.45, 2.75) is 52.0 Å². The van der Waals surface area contributed by atoms with Gasteiger partial charge in [0.15, 0.2) is 0 Å². The van der Waals surface area contributed by atoms with Gasteiger partial charge in [0.05, 0.1) is 0 Å². The molecule has 0 fully saturated rings. The van der Waals surface area contributed by atoms with Crippen LogP contribution in [0.2, 0.25) is 0 Å². The highest BCUT2D eigenvalue weighted by atomic mass is 16.1. The zero-order valence-electron chi connectivity index (χ0n) is 9.73. The lowest BCUT2D eigenvalue weighted by Gasteiger charge is -2.09. The van der Waals surface area contributed by atoms with Crippen molar-refractivity contribution in [1.29, 1.82) is 0 Å². The Morgan fingerprint density at radius 1 is 1.29 bits per heavy atom. The number of hydrogen-bond donors (Lipinski definition) is 2. The Bertz CT molecular complexity index is 148. The van der Waals surface area contributed by atoms with Crippen LogP contribution in [0.15, 0.2) is 0 Å². The first-order valence-corrected chi connectivity index (χ1v) is 5.64. The Labute approximate surface area is 87.6 Å². The van der Waals surface area contributed by atoms with Gasteiger partial charge in [-0.25, -0.2) is 0 Å². The largest absolute Gasteiger partial charge is 0.356 e. The first-order valence-electron chi connectivity index (χ1n) is 5.64. The molecule has 0 saturated heterocycles. The summed E-state index contributed by atoms with van der Waals surface area (Å²) in [5, 5.41) is 5.97. The van der Waals surface area contributed by atoms with Crippen molar-refractivity contribution in [1.82, 2.24) is 10.6 Å². The number of carbonyl (C=O) groups is 1. The Morgan fingerprint density at radius 3 is 2.57 bits per heavy atom. The quantitative estimate of drug-likeness (QED) is 0.585. The second-order valence-electron chi connectivity index (χ2n) is 3.80. The second kappa shape index (κ2) is 9.00. The summed E-state index contributed by atoms with van der Waals surface area (Å²) in [5.41, 5.74) is 0. The molecule has 0 radical (unpaired) electrons. The first kappa shape index (κ1) is 13.4. The van der Waals surface area contributed by atoms with Gasteiger partial charge in [-0.1, -0.05) is 26.2 Å². The molecule has 0 rings (SSSR count). The summed E-state index contributed by atoms with van der Waals surface area (Å²) in [7, 11) is 1.87. The molecule has 3 heteroatoms. The summed E-state index contributed by atoms with van der Waals surface area (Å²) in [6.07, 6.45) is 5.41. The maximum absolute atomic E-state index is 11.3. The number of hydrogen-bond acceptors (Lipinski definition) is 2. The molecule has 0 aromatic heterocycles. The molecule has 0 saturated carbocycles. The summed E-state index contributed by atoms with van der Waals surface area (Å²) in [6.45, 7) is 5.03. The molecule has 0 aliphatic carbocycles. The third-order valence-corrected chi connectivity index (χ3v) is 2.34. The van der Waals surface area contributed by atoms with Gasteiger partial charge >= 0.3 is 0 Å². The highest BCUT2D eigenvalue weighted by Crippen LogP contribution is 1.97. The average molecular weight is 200 g/mol. The van der Waals surface area contributed by atoms with Crippen LogP contribution in [0.3, 0.4) is 0 Å². The highest BCUT2D eigenvalue weighted by Gasteiger charge is 2.05. The summed E-state index contributed by atoms with van der Waals surface area (Å²) < 4.78 is 0. The molecule has 0 aromatic rings. The highest BCUT2D eigenvalue weighted by molar-refractivity contribution is 5.76. The molecular formula is C11H24N2O. The van der Waals surface area contributed by atoms with Crippen LogP contribution in [0.25, 0.3) is 0 Å². The second-order valence-corrected chi connectivity index (χ2v) is 3.80. The molecule has 2 N–H and O–H groups in total. The minimum Gasteiger partial charge on any atom is -0.356 e. The number of rotatable bonds is 8. The lowest BCUT2D eigenvalue weighted by Crippen LogP contribution is -2.32. The monoisotopic (exact) mass is 200 g/mol. The maximum Gasteiger partial charge on any atom is 0.221 e. The van der Waals surface area contributed by atoms with Gasteiger partial charge in [-0.15, -0.1) is 0 Å². The number of unbranched alkanes of at least 4 members (excludes halogenated alkanes) is 3. The van der Waals surface area contributed by atoms with E-state index in [-0.39, 0.29) is 11.9 Å². The Balaban J connectivity index is 3.27. The molecule has 1 unspecified atom stereocenters. The minimum absolute atomic E-state index is 0.156. The molecule has 1 amide bonds. The fourth-order valence-electron chi connectivity index (χ4n) is 1.23. The van der Waals surface area contributed by atoms with Crippen molar-refractivity contribution in [3.63, 3.8) is 0 Å². The molecule has 1 atom stereocenters. The average Bonchev–Trinajstić information content (AvgIpc) is 2.17. The molecule has 14 heavy (non-hydrogen) atoms. The number of carbonyl (C=O) groups excluding carboxylic acids is 1. The summed E-state index contributed by atoms with van der Waals surface area (Å²) in [4.78, 5) is 11.3. The van der Waals surface area contributed by atoms with Gasteiger partial charge in [-0.2, -0.15) is 0 Å². The normalized spacial score (nSPS) is 12.5. The van der Waals surface area contributed by atoms with Crippen molar-refractivity contribution in [2.75, 3.05) is 13.6 Å². The van der Waals surface area contributed by atoms with E-state index in [1.54, 1.807) is 0 Å². The van der Waals surface area contributed by atoms with E-state index in [1.807, 2.05) is 14.0 Å². The van der Waals surface area contributed by atoms with Crippen LogP contribution in [0.4, 0.5) is 0 Å². The first-order chi connectivity index (χ1) is 6.70. The predicted octanol–water partition coefficient (Wildman–Crippen LogP) is 1.68. The van der Waals surface area contributed by atoms with Gasteiger partial charge < -0.3 is 10.6 Å². The SMILES string of the molecule is CCCCCCNC(=O)CC(C)NC. The van der Waals surface area contributed by atoms with Gasteiger partial charge in [0, 0.05) is 19.0 Å². The fraction of sp³-hybridized carbons (Fsp3) is 0.909. The summed E-state index contributed by atoms with van der Waals surface area (Å²) in [6, 6.07) is 0.269. The standard InChI is InChI=1S/C11H24N2O/c1-4-5-6-7-8-13-11(14)9-10(2)12-3/h10,12H,4-9H2,1-3H3,(H,13,14). The van der Waals surface area contributed by atoms with E-state index in [2.05, 4.69) is 17.6 Å². The molecule has 0 aliphatic heterocycles. The van der Waals surface area contributed by atoms with Crippen molar-refractivity contribution in [2.24, 2.45) is 0 Å². The number of nitrogens with one attached hydrogen (secondary N) is 2. The van der Waals surface area contributed by atoms with Gasteiger partial charge in [-0.3, -0.25) is 4.79 Å². The minimum atomic E-state index is 0.156. The number of amides is 1. The zero-order chi connectivity index (χ0) is 10.8. The van der Waals surface area contributed by atoms with Crippen LogP contribution in [-0.4, -0.2) is 25.5 Å². The van der Waals surface area contributed by atoms with E-state index in [0.717, 1.165) is 13.0 Å². The molecular weight excluding hydrogens is 176 g/mol. The fourth-order valence-corrected chi connectivity index (χ4v) is 1.23. The van der Waals surface area contributed by atoms with Gasteiger partial charge in [0.1, 0.15) is 0 Å². The Morgan fingerprint density at radius 2 is 2.00 bits per heavy atom. The lowest BCUT2D eigenvalue weighted by atomic mass is 10.2. The third-order valence-electron chi connectivity index (χ3n) is 2.34. The van der Waals surface area contributed by atoms with Gasteiger partial charge in [0.25, 0.3) is 0 Å². The van der Waals surface area contributed by atoms with E-state index < -0.39 is 0 Å². The van der Waals surface area contributed by atoms with Gasteiger partial charge in [0.2, 0.25) is 5.91 Å². The van der Waals surface area contributed by atoms with Crippen molar-refractivity contribution < 1.29 is 4.79 Å². The molecule has 0 aromatic carbocycles. The lowest BCUT2D eigenvalue weighted by molar-refractivity contribution is -0.121. The van der Waals surface area contributed by atoms with Gasteiger partial charge in [-0.05, 0) is 20.4 Å². The third kappa shape index (κ3) is 8.05. The smallest absolute Gasteiger partial charge is 0.221 e. The Hall–Kier alpha value is -0.570. The van der Waals surface area contributed by atoms with Crippen LogP contribution in [0, 0.1) is 0 Å². The topological polar surface area (TPSA) is 41.1 Å². The molecule has 0 spiro atoms. The van der Waals surface area contributed by atoms with Crippen LogP contribution in [-0.2, 0) is 4.79 Å². The van der Waals surface area contributed by atoms with Crippen molar-refractivity contribution in [3.8, 4) is 0 Å². The molecule has 0 heterocycles. The van der Waals surface area contributed by atoms with E-state index in [9.17, 15) is 4.79 Å². The van der Waals surface area contributed by atoms with Crippen molar-refractivity contribution >= 4 is 5.91 Å². The van der Waals surface area contributed by atoms with Crippen LogP contribution >= 0.6 is 0 Å².